The Morgan fingerprint density at radius 3 is 2.39 bits per heavy atom. The van der Waals surface area contributed by atoms with E-state index in [0.717, 1.165) is 28.1 Å². The average molecular weight is 330 g/mol. The minimum Gasteiger partial charge on any atom is -1.00 e. The second-order valence-corrected chi connectivity index (χ2v) is 5.22. The van der Waals surface area contributed by atoms with Crippen molar-refractivity contribution in [1.82, 2.24) is 5.32 Å². The van der Waals surface area contributed by atoms with Gasteiger partial charge in [0.1, 0.15) is 11.5 Å². The van der Waals surface area contributed by atoms with Crippen LogP contribution in [0.25, 0.3) is 11.3 Å². The molecule has 0 saturated heterocycles. The zero-order chi connectivity index (χ0) is 12.3. The second kappa shape index (κ2) is 6.98. The minimum atomic E-state index is 0. The summed E-state index contributed by atoms with van der Waals surface area (Å²) in [6, 6.07) is 12.6. The molecule has 98 valence electrons. The summed E-state index contributed by atoms with van der Waals surface area (Å²) in [4.78, 5) is 0. The molecular weight excluding hydrogens is 314 g/mol. The lowest BCUT2D eigenvalue weighted by Crippen LogP contribution is -3.00. The molecule has 0 saturated carbocycles. The Bertz CT molecular complexity index is 479. The average Bonchev–Trinajstić information content (AvgIpc) is 2.76. The minimum absolute atomic E-state index is 0. The lowest BCUT2D eigenvalue weighted by Gasteiger charge is -2.05. The molecule has 1 aromatic carbocycles. The molecule has 0 spiro atoms. The molecule has 0 aliphatic rings. The lowest BCUT2D eigenvalue weighted by molar-refractivity contribution is -0.00000410. The van der Waals surface area contributed by atoms with Crippen LogP contribution in [0.2, 0.25) is 0 Å². The van der Waals surface area contributed by atoms with Crippen LogP contribution in [0.1, 0.15) is 19.6 Å². The van der Waals surface area contributed by atoms with Crippen molar-refractivity contribution in [2.45, 2.75) is 26.4 Å². The molecule has 0 atom stereocenters. The van der Waals surface area contributed by atoms with Gasteiger partial charge in [0.15, 0.2) is 0 Å². The number of halogens is 2. The van der Waals surface area contributed by atoms with Gasteiger partial charge < -0.3 is 22.1 Å². The summed E-state index contributed by atoms with van der Waals surface area (Å²) in [6.45, 7) is 5.02. The number of furan rings is 1. The van der Waals surface area contributed by atoms with Gasteiger partial charge >= 0.3 is 0 Å². The second-order valence-electron chi connectivity index (χ2n) is 4.31. The smallest absolute Gasteiger partial charge is 0.134 e. The lowest BCUT2D eigenvalue weighted by atomic mass is 10.2. The third-order valence-electron chi connectivity index (χ3n) is 2.47. The third kappa shape index (κ3) is 4.16. The Labute approximate surface area is 122 Å². The van der Waals surface area contributed by atoms with Gasteiger partial charge in [0.05, 0.1) is 6.54 Å². The standard InChI is InChI=1S/C14H16BrNO.ClH/c1-10(2)16-9-13-7-8-14(17-13)11-3-5-12(15)6-4-11;/h3-8,10,16H,9H2,1-2H3;1H/p-1. The van der Waals surface area contributed by atoms with Gasteiger partial charge in [-0.2, -0.15) is 0 Å². The molecule has 1 heterocycles. The Balaban J connectivity index is 0.00000162. The Kier molecular flexibility index (Phi) is 5.93. The van der Waals surface area contributed by atoms with Gasteiger partial charge in [-0.3, -0.25) is 0 Å². The van der Waals surface area contributed by atoms with Crippen LogP contribution in [0.5, 0.6) is 0 Å². The van der Waals surface area contributed by atoms with E-state index in [0.29, 0.717) is 6.04 Å². The van der Waals surface area contributed by atoms with E-state index < -0.39 is 0 Å². The summed E-state index contributed by atoms with van der Waals surface area (Å²) in [5, 5.41) is 3.33. The fourth-order valence-electron chi connectivity index (χ4n) is 1.55. The van der Waals surface area contributed by atoms with E-state index in [1.807, 2.05) is 36.4 Å². The van der Waals surface area contributed by atoms with Gasteiger partial charge in [0, 0.05) is 16.1 Å². The molecule has 2 nitrogen and oxygen atoms in total. The van der Waals surface area contributed by atoms with Crippen LogP contribution in [0.15, 0.2) is 45.3 Å². The highest BCUT2D eigenvalue weighted by atomic mass is 79.9. The van der Waals surface area contributed by atoms with Crippen molar-refractivity contribution in [3.05, 3.63) is 46.6 Å². The van der Waals surface area contributed by atoms with Crippen LogP contribution < -0.4 is 17.7 Å². The van der Waals surface area contributed by atoms with Gasteiger partial charge in [0.2, 0.25) is 0 Å². The van der Waals surface area contributed by atoms with E-state index in [1.165, 1.54) is 0 Å². The van der Waals surface area contributed by atoms with E-state index in [1.54, 1.807) is 0 Å². The van der Waals surface area contributed by atoms with Crippen molar-refractivity contribution in [2.75, 3.05) is 0 Å². The largest absolute Gasteiger partial charge is 1.00 e. The summed E-state index contributed by atoms with van der Waals surface area (Å²) in [7, 11) is 0. The van der Waals surface area contributed by atoms with Crippen LogP contribution >= 0.6 is 15.9 Å². The highest BCUT2D eigenvalue weighted by Gasteiger charge is 2.04. The van der Waals surface area contributed by atoms with Crippen LogP contribution in [-0.2, 0) is 6.54 Å². The van der Waals surface area contributed by atoms with E-state index in [2.05, 4.69) is 35.1 Å². The van der Waals surface area contributed by atoms with Crippen LogP contribution in [0.4, 0.5) is 0 Å². The Morgan fingerprint density at radius 1 is 1.11 bits per heavy atom. The predicted molar refractivity (Wildman–Crippen MR) is 73.8 cm³/mol. The van der Waals surface area contributed by atoms with Gasteiger partial charge in [-0.05, 0) is 24.3 Å². The maximum absolute atomic E-state index is 5.78. The quantitative estimate of drug-likeness (QED) is 0.912. The molecular formula is C14H16BrClNO-. The number of hydrogen-bond acceptors (Lipinski definition) is 2. The molecule has 0 aliphatic heterocycles. The van der Waals surface area contributed by atoms with Crippen LogP contribution in [0.3, 0.4) is 0 Å². The zero-order valence-electron chi connectivity index (χ0n) is 10.4. The third-order valence-corrected chi connectivity index (χ3v) is 3.00. The topological polar surface area (TPSA) is 25.2 Å². The van der Waals surface area contributed by atoms with E-state index >= 15 is 0 Å². The molecule has 1 aromatic heterocycles. The molecule has 18 heavy (non-hydrogen) atoms. The van der Waals surface area contributed by atoms with Crippen molar-refractivity contribution in [3.63, 3.8) is 0 Å². The van der Waals surface area contributed by atoms with Gasteiger partial charge in [-0.25, -0.2) is 0 Å². The maximum atomic E-state index is 5.78. The summed E-state index contributed by atoms with van der Waals surface area (Å²) < 4.78 is 6.86. The highest BCUT2D eigenvalue weighted by Crippen LogP contribution is 2.23. The molecule has 4 heteroatoms. The van der Waals surface area contributed by atoms with E-state index in [-0.39, 0.29) is 12.4 Å². The summed E-state index contributed by atoms with van der Waals surface area (Å²) in [6.07, 6.45) is 0. The molecule has 0 amide bonds. The van der Waals surface area contributed by atoms with Crippen molar-refractivity contribution in [3.8, 4) is 11.3 Å². The molecule has 0 aliphatic carbocycles. The molecule has 0 fully saturated rings. The van der Waals surface area contributed by atoms with Crippen LogP contribution in [0, 0.1) is 0 Å². The first-order valence-electron chi connectivity index (χ1n) is 5.73. The van der Waals surface area contributed by atoms with Crippen LogP contribution in [-0.4, -0.2) is 6.04 Å². The highest BCUT2D eigenvalue weighted by molar-refractivity contribution is 9.10. The summed E-state index contributed by atoms with van der Waals surface area (Å²) in [5.41, 5.74) is 1.10. The fraction of sp³-hybridized carbons (Fsp3) is 0.286. The monoisotopic (exact) mass is 328 g/mol. The number of rotatable bonds is 4. The van der Waals surface area contributed by atoms with Gasteiger partial charge in [-0.1, -0.05) is 41.9 Å². The number of hydrogen-bond donors (Lipinski definition) is 1. The normalized spacial score (nSPS) is 10.4. The Hall–Kier alpha value is -0.770. The van der Waals surface area contributed by atoms with Gasteiger partial charge in [0.25, 0.3) is 0 Å². The molecule has 0 unspecified atom stereocenters. The maximum Gasteiger partial charge on any atom is 0.134 e. The number of benzene rings is 1. The first-order valence-corrected chi connectivity index (χ1v) is 6.52. The van der Waals surface area contributed by atoms with Gasteiger partial charge in [-0.15, -0.1) is 0 Å². The first kappa shape index (κ1) is 15.3. The summed E-state index contributed by atoms with van der Waals surface area (Å²) >= 11 is 3.42. The molecule has 0 bridgehead atoms. The van der Waals surface area contributed by atoms with Crippen molar-refractivity contribution < 1.29 is 16.8 Å². The predicted octanol–water partition coefficient (Wildman–Crippen LogP) is 1.21. The molecule has 0 radical (unpaired) electrons. The number of nitrogens with one attached hydrogen (secondary N) is 1. The van der Waals surface area contributed by atoms with Crippen molar-refractivity contribution in [1.29, 1.82) is 0 Å². The van der Waals surface area contributed by atoms with Crippen molar-refractivity contribution in [2.24, 2.45) is 0 Å². The Morgan fingerprint density at radius 2 is 1.78 bits per heavy atom. The van der Waals surface area contributed by atoms with E-state index in [4.69, 9.17) is 4.42 Å². The SMILES string of the molecule is CC(C)NCc1ccc(-c2ccc(Br)cc2)o1.[Cl-]. The van der Waals surface area contributed by atoms with E-state index in [9.17, 15) is 0 Å². The first-order chi connectivity index (χ1) is 8.15. The molecule has 2 rings (SSSR count). The fourth-order valence-corrected chi connectivity index (χ4v) is 1.81. The zero-order valence-corrected chi connectivity index (χ0v) is 12.8. The summed E-state index contributed by atoms with van der Waals surface area (Å²) in [5.74, 6) is 1.88. The van der Waals surface area contributed by atoms with Crippen molar-refractivity contribution >= 4 is 15.9 Å². The molecule has 2 aromatic rings. The molecule has 1 N–H and O–H groups in total.